The van der Waals surface area contributed by atoms with Gasteiger partial charge in [-0.1, -0.05) is 23.7 Å². The van der Waals surface area contributed by atoms with Gasteiger partial charge in [-0.3, -0.25) is 14.5 Å². The van der Waals surface area contributed by atoms with Crippen LogP contribution in [0, 0.1) is 5.82 Å². The molecule has 1 N–H and O–H groups in total. The van der Waals surface area contributed by atoms with Crippen molar-refractivity contribution in [3.63, 3.8) is 0 Å². The number of likely N-dealkylation sites (tertiary alicyclic amines) is 1. The minimum absolute atomic E-state index is 0.0641. The summed E-state index contributed by atoms with van der Waals surface area (Å²) in [7, 11) is 1.35. The summed E-state index contributed by atoms with van der Waals surface area (Å²) in [6.07, 6.45) is 0.581. The molecule has 0 bridgehead atoms. The van der Waals surface area contributed by atoms with E-state index < -0.39 is 17.4 Å². The van der Waals surface area contributed by atoms with Gasteiger partial charge in [0.05, 0.1) is 13.7 Å². The molecular weight excluding hydrogens is 425 g/mol. The normalized spacial score (nSPS) is 17.8. The van der Waals surface area contributed by atoms with E-state index in [1.807, 2.05) is 0 Å². The molecule has 2 saturated heterocycles. The Morgan fingerprint density at radius 1 is 1.16 bits per heavy atom. The topological polar surface area (TPSA) is 79.0 Å². The fourth-order valence-corrected chi connectivity index (χ4v) is 4.13. The molecule has 0 aromatic heterocycles. The first kappa shape index (κ1) is 21.1. The van der Waals surface area contributed by atoms with Gasteiger partial charge < -0.3 is 15.0 Å². The number of imide groups is 1. The average molecular weight is 446 g/mol. The fourth-order valence-electron chi connectivity index (χ4n) is 4.00. The van der Waals surface area contributed by atoms with Crippen molar-refractivity contribution in [2.45, 2.75) is 24.9 Å². The number of carbonyl (C=O) groups excluding carboxylic acids is 3. The molecule has 2 aromatic rings. The number of hydrogen-bond acceptors (Lipinski definition) is 4. The number of carbonyl (C=O) groups is 3. The molecule has 0 unspecified atom stereocenters. The molecule has 31 heavy (non-hydrogen) atoms. The second-order valence-electron chi connectivity index (χ2n) is 7.67. The number of methoxy groups -OCH3 is 1. The van der Waals surface area contributed by atoms with Crippen molar-refractivity contribution in [1.29, 1.82) is 0 Å². The molecule has 1 spiro atoms. The standard InChI is InChI=1S/C22H21ClFN3O4/c1-31-18-7-4-15(12-17(18)24)19(28)26-10-8-22(9-11-26)20(29)27(21(30)25-22)13-14-2-5-16(23)6-3-14/h2-7,12H,8-11,13H2,1H3,(H,25,30). The Bertz CT molecular complexity index is 1040. The van der Waals surface area contributed by atoms with Crippen LogP contribution in [0.4, 0.5) is 9.18 Å². The van der Waals surface area contributed by atoms with Crippen molar-refractivity contribution >= 4 is 29.4 Å². The van der Waals surface area contributed by atoms with Gasteiger partial charge in [0.1, 0.15) is 5.54 Å². The molecular formula is C22H21ClFN3O4. The third-order valence-electron chi connectivity index (χ3n) is 5.80. The third-order valence-corrected chi connectivity index (χ3v) is 6.05. The molecule has 0 saturated carbocycles. The zero-order chi connectivity index (χ0) is 22.2. The van der Waals surface area contributed by atoms with Crippen LogP contribution in [-0.4, -0.2) is 53.4 Å². The van der Waals surface area contributed by atoms with E-state index >= 15 is 0 Å². The Balaban J connectivity index is 1.43. The number of hydrogen-bond donors (Lipinski definition) is 1. The molecule has 2 aliphatic rings. The van der Waals surface area contributed by atoms with Crippen LogP contribution in [0.1, 0.15) is 28.8 Å². The Kier molecular flexibility index (Phi) is 5.58. The van der Waals surface area contributed by atoms with Crippen LogP contribution in [0.5, 0.6) is 5.75 Å². The molecule has 9 heteroatoms. The largest absolute Gasteiger partial charge is 0.494 e. The van der Waals surface area contributed by atoms with E-state index in [1.165, 1.54) is 24.1 Å². The molecule has 0 atom stereocenters. The molecule has 0 aliphatic carbocycles. The van der Waals surface area contributed by atoms with Crippen LogP contribution in [-0.2, 0) is 11.3 Å². The predicted molar refractivity (Wildman–Crippen MR) is 111 cm³/mol. The Morgan fingerprint density at radius 3 is 2.45 bits per heavy atom. The third kappa shape index (κ3) is 3.95. The zero-order valence-electron chi connectivity index (χ0n) is 16.9. The Labute approximate surface area is 183 Å². The number of amides is 4. The van der Waals surface area contributed by atoms with Crippen molar-refractivity contribution in [3.05, 3.63) is 64.4 Å². The van der Waals surface area contributed by atoms with Gasteiger partial charge in [0.15, 0.2) is 11.6 Å². The summed E-state index contributed by atoms with van der Waals surface area (Å²) in [5.74, 6) is -1.17. The number of benzene rings is 2. The molecule has 2 aromatic carbocycles. The van der Waals surface area contributed by atoms with Crippen molar-refractivity contribution in [2.24, 2.45) is 0 Å². The van der Waals surface area contributed by atoms with Gasteiger partial charge in [0.25, 0.3) is 11.8 Å². The lowest BCUT2D eigenvalue weighted by molar-refractivity contribution is -0.133. The summed E-state index contributed by atoms with van der Waals surface area (Å²) in [4.78, 5) is 41.1. The average Bonchev–Trinajstić information content (AvgIpc) is 2.99. The maximum atomic E-state index is 14.0. The summed E-state index contributed by atoms with van der Waals surface area (Å²) in [6, 6.07) is 10.5. The first-order valence-corrected chi connectivity index (χ1v) is 10.2. The second kappa shape index (κ2) is 8.19. The van der Waals surface area contributed by atoms with Gasteiger partial charge in [-0.05, 0) is 48.7 Å². The van der Waals surface area contributed by atoms with Crippen LogP contribution < -0.4 is 10.1 Å². The van der Waals surface area contributed by atoms with Gasteiger partial charge in [-0.15, -0.1) is 0 Å². The van der Waals surface area contributed by atoms with Gasteiger partial charge in [-0.25, -0.2) is 9.18 Å². The van der Waals surface area contributed by atoms with Crippen molar-refractivity contribution < 1.29 is 23.5 Å². The minimum Gasteiger partial charge on any atom is -0.494 e. The van der Waals surface area contributed by atoms with Gasteiger partial charge >= 0.3 is 6.03 Å². The lowest BCUT2D eigenvalue weighted by atomic mass is 9.87. The highest BCUT2D eigenvalue weighted by atomic mass is 35.5. The van der Waals surface area contributed by atoms with E-state index in [4.69, 9.17) is 16.3 Å². The van der Waals surface area contributed by atoms with E-state index in [0.717, 1.165) is 11.6 Å². The van der Waals surface area contributed by atoms with Gasteiger partial charge in [0, 0.05) is 23.7 Å². The Hall–Kier alpha value is -3.13. The summed E-state index contributed by atoms with van der Waals surface area (Å²) in [6.45, 7) is 0.692. The number of ether oxygens (including phenoxy) is 1. The summed E-state index contributed by atoms with van der Waals surface area (Å²) < 4.78 is 18.8. The lowest BCUT2D eigenvalue weighted by Gasteiger charge is -2.37. The van der Waals surface area contributed by atoms with Crippen LogP contribution in [0.3, 0.4) is 0 Å². The first-order chi connectivity index (χ1) is 14.8. The van der Waals surface area contributed by atoms with Crippen molar-refractivity contribution in [3.8, 4) is 5.75 Å². The quantitative estimate of drug-likeness (QED) is 0.733. The summed E-state index contributed by atoms with van der Waals surface area (Å²) in [5, 5.41) is 3.40. The molecule has 7 nitrogen and oxygen atoms in total. The van der Waals surface area contributed by atoms with Crippen molar-refractivity contribution in [1.82, 2.24) is 15.1 Å². The predicted octanol–water partition coefficient (Wildman–Crippen LogP) is 3.21. The number of halogens is 2. The highest BCUT2D eigenvalue weighted by Gasteiger charge is 2.52. The maximum absolute atomic E-state index is 14.0. The van der Waals surface area contributed by atoms with E-state index in [0.29, 0.717) is 17.9 Å². The van der Waals surface area contributed by atoms with E-state index in [1.54, 1.807) is 29.2 Å². The fraction of sp³-hybridized carbons (Fsp3) is 0.318. The maximum Gasteiger partial charge on any atom is 0.325 e. The monoisotopic (exact) mass is 445 g/mol. The molecule has 2 heterocycles. The summed E-state index contributed by atoms with van der Waals surface area (Å²) >= 11 is 5.89. The number of nitrogens with zero attached hydrogens (tertiary/aromatic N) is 2. The SMILES string of the molecule is COc1ccc(C(=O)N2CCC3(CC2)NC(=O)N(Cc2ccc(Cl)cc2)C3=O)cc1F. The van der Waals surface area contributed by atoms with Gasteiger partial charge in [0.2, 0.25) is 0 Å². The van der Waals surface area contributed by atoms with Crippen molar-refractivity contribution in [2.75, 3.05) is 20.2 Å². The number of nitrogens with one attached hydrogen (secondary N) is 1. The van der Waals surface area contributed by atoms with Crippen LogP contribution >= 0.6 is 11.6 Å². The molecule has 4 rings (SSSR count). The highest BCUT2D eigenvalue weighted by molar-refractivity contribution is 6.30. The van der Waals surface area contributed by atoms with Crippen LogP contribution in [0.2, 0.25) is 5.02 Å². The highest BCUT2D eigenvalue weighted by Crippen LogP contribution is 2.31. The number of urea groups is 1. The smallest absolute Gasteiger partial charge is 0.325 e. The molecule has 0 radical (unpaired) electrons. The van der Waals surface area contributed by atoms with E-state index in [2.05, 4.69) is 5.32 Å². The Morgan fingerprint density at radius 2 is 1.84 bits per heavy atom. The summed E-state index contributed by atoms with van der Waals surface area (Å²) in [5.41, 5.74) is -0.0228. The van der Waals surface area contributed by atoms with Crippen LogP contribution in [0.25, 0.3) is 0 Å². The van der Waals surface area contributed by atoms with E-state index in [-0.39, 0.29) is 42.8 Å². The molecule has 2 aliphatic heterocycles. The second-order valence-corrected chi connectivity index (χ2v) is 8.11. The molecule has 2 fully saturated rings. The first-order valence-electron chi connectivity index (χ1n) is 9.84. The molecule has 4 amide bonds. The minimum atomic E-state index is -1.02. The van der Waals surface area contributed by atoms with Gasteiger partial charge in [-0.2, -0.15) is 0 Å². The number of rotatable bonds is 4. The molecule has 162 valence electrons. The van der Waals surface area contributed by atoms with E-state index in [9.17, 15) is 18.8 Å². The zero-order valence-corrected chi connectivity index (χ0v) is 17.6. The van der Waals surface area contributed by atoms with Crippen LogP contribution in [0.15, 0.2) is 42.5 Å². The lowest BCUT2D eigenvalue weighted by Crippen LogP contribution is -2.55. The number of piperidine rings is 1.